The van der Waals surface area contributed by atoms with E-state index in [0.717, 1.165) is 13.1 Å². The number of β-amino-alcohol motifs (C(OH)–C–C–N with tert-alkyl or cyclic N) is 1. The van der Waals surface area contributed by atoms with Crippen molar-refractivity contribution in [1.29, 1.82) is 0 Å². The van der Waals surface area contributed by atoms with Crippen molar-refractivity contribution in [2.24, 2.45) is 7.05 Å². The minimum atomic E-state index is -0.617. The number of hydrogen-bond acceptors (Lipinski definition) is 5. The minimum Gasteiger partial charge on any atom is -0.390 e. The molecule has 1 fully saturated rings. The van der Waals surface area contributed by atoms with Crippen LogP contribution in [0.4, 0.5) is 0 Å². The molecule has 1 aliphatic rings. The Kier molecular flexibility index (Phi) is 4.87. The number of aliphatic hydroxyl groups excluding tert-OH is 1. The zero-order valence-electron chi connectivity index (χ0n) is 15.2. The van der Waals surface area contributed by atoms with Crippen LogP contribution in [-0.4, -0.2) is 55.7 Å². The molecule has 27 heavy (non-hydrogen) atoms. The van der Waals surface area contributed by atoms with Gasteiger partial charge in [-0.1, -0.05) is 18.2 Å². The van der Waals surface area contributed by atoms with Crippen LogP contribution in [0.25, 0.3) is 10.9 Å². The highest BCUT2D eigenvalue weighted by Gasteiger charge is 2.29. The molecular formula is C20H23N5O2. The number of aliphatic hydroxyl groups is 1. The highest BCUT2D eigenvalue weighted by molar-refractivity contribution is 5.92. The Morgan fingerprint density at radius 3 is 2.93 bits per heavy atom. The Morgan fingerprint density at radius 1 is 1.33 bits per heavy atom. The Morgan fingerprint density at radius 2 is 2.19 bits per heavy atom. The molecule has 0 aliphatic carbocycles. The molecule has 0 bridgehead atoms. The van der Waals surface area contributed by atoms with Gasteiger partial charge >= 0.3 is 0 Å². The lowest BCUT2D eigenvalue weighted by Crippen LogP contribution is -2.53. The average molecular weight is 365 g/mol. The maximum absolute atomic E-state index is 12.2. The summed E-state index contributed by atoms with van der Waals surface area (Å²) in [5.74, 6) is -0.297. The molecule has 7 nitrogen and oxygen atoms in total. The van der Waals surface area contributed by atoms with E-state index in [0.29, 0.717) is 13.0 Å². The molecule has 7 heteroatoms. The molecule has 140 valence electrons. The van der Waals surface area contributed by atoms with Gasteiger partial charge in [0.15, 0.2) is 0 Å². The summed E-state index contributed by atoms with van der Waals surface area (Å²) in [4.78, 5) is 22.4. The molecule has 2 atom stereocenters. The summed E-state index contributed by atoms with van der Waals surface area (Å²) < 4.78 is 2.20. The molecule has 2 aromatic heterocycles. The summed E-state index contributed by atoms with van der Waals surface area (Å²) in [6, 6.07) is 10.2. The number of aromatic nitrogens is 3. The van der Waals surface area contributed by atoms with Crippen LogP contribution >= 0.6 is 0 Å². The van der Waals surface area contributed by atoms with Gasteiger partial charge in [-0.25, -0.2) is 4.98 Å². The first-order chi connectivity index (χ1) is 13.1. The quantitative estimate of drug-likeness (QED) is 0.729. The number of nitrogens with zero attached hydrogens (tertiary/aromatic N) is 4. The lowest BCUT2D eigenvalue weighted by molar-refractivity contribution is 0.0341. The molecule has 0 radical (unpaired) electrons. The largest absolute Gasteiger partial charge is 0.390 e. The van der Waals surface area contributed by atoms with E-state index in [1.54, 1.807) is 0 Å². The number of rotatable bonds is 4. The second kappa shape index (κ2) is 7.46. The van der Waals surface area contributed by atoms with Crippen LogP contribution in [0, 0.1) is 0 Å². The first-order valence-corrected chi connectivity index (χ1v) is 9.12. The molecule has 1 saturated heterocycles. The van der Waals surface area contributed by atoms with Crippen LogP contribution in [0.15, 0.2) is 48.9 Å². The molecule has 0 spiro atoms. The van der Waals surface area contributed by atoms with Gasteiger partial charge in [-0.15, -0.1) is 0 Å². The van der Waals surface area contributed by atoms with Crippen molar-refractivity contribution in [3.05, 3.63) is 60.3 Å². The third-order valence-corrected chi connectivity index (χ3v) is 5.22. The van der Waals surface area contributed by atoms with E-state index in [-0.39, 0.29) is 17.6 Å². The summed E-state index contributed by atoms with van der Waals surface area (Å²) in [5.41, 5.74) is 2.69. The number of benzene rings is 1. The molecule has 1 aliphatic heterocycles. The van der Waals surface area contributed by atoms with E-state index in [1.165, 1.54) is 35.2 Å². The van der Waals surface area contributed by atoms with Crippen molar-refractivity contribution in [3.8, 4) is 0 Å². The van der Waals surface area contributed by atoms with Gasteiger partial charge in [0.05, 0.1) is 18.3 Å². The number of carbonyl (C=O) groups is 1. The van der Waals surface area contributed by atoms with Gasteiger partial charge < -0.3 is 15.0 Å². The Balaban J connectivity index is 1.38. The smallest absolute Gasteiger partial charge is 0.271 e. The predicted molar refractivity (Wildman–Crippen MR) is 102 cm³/mol. The maximum Gasteiger partial charge on any atom is 0.271 e. The van der Waals surface area contributed by atoms with Crippen molar-refractivity contribution in [3.63, 3.8) is 0 Å². The molecule has 4 rings (SSSR count). The van der Waals surface area contributed by atoms with Gasteiger partial charge in [0.25, 0.3) is 5.91 Å². The minimum absolute atomic E-state index is 0.266. The number of fused-ring (bicyclic) bond motifs is 1. The number of hydrogen-bond donors (Lipinski definition) is 2. The number of piperidine rings is 1. The molecule has 3 aromatic rings. The van der Waals surface area contributed by atoms with Crippen molar-refractivity contribution in [1.82, 2.24) is 24.8 Å². The number of para-hydroxylation sites is 1. The van der Waals surface area contributed by atoms with Crippen molar-refractivity contribution in [2.75, 3.05) is 13.1 Å². The van der Waals surface area contributed by atoms with Crippen LogP contribution in [0.1, 0.15) is 22.6 Å². The lowest BCUT2D eigenvalue weighted by atomic mass is 10.0. The first-order valence-electron chi connectivity index (χ1n) is 9.12. The van der Waals surface area contributed by atoms with Gasteiger partial charge in [-0.2, -0.15) is 0 Å². The monoisotopic (exact) mass is 365 g/mol. The summed E-state index contributed by atoms with van der Waals surface area (Å²) in [6.07, 6.45) is 4.51. The molecule has 3 heterocycles. The van der Waals surface area contributed by atoms with Gasteiger partial charge in [-0.05, 0) is 23.9 Å². The van der Waals surface area contributed by atoms with Gasteiger partial charge in [0, 0.05) is 50.3 Å². The number of carbonyl (C=O) groups excluding carboxylic acids is 1. The van der Waals surface area contributed by atoms with Crippen LogP contribution < -0.4 is 5.32 Å². The fourth-order valence-electron chi connectivity index (χ4n) is 3.69. The fourth-order valence-corrected chi connectivity index (χ4v) is 3.69. The second-order valence-corrected chi connectivity index (χ2v) is 7.02. The normalized spacial score (nSPS) is 20.7. The third-order valence-electron chi connectivity index (χ3n) is 5.22. The van der Waals surface area contributed by atoms with Gasteiger partial charge in [0.2, 0.25) is 0 Å². The maximum atomic E-state index is 12.2. The average Bonchev–Trinajstić information content (AvgIpc) is 3.00. The second-order valence-electron chi connectivity index (χ2n) is 7.02. The van der Waals surface area contributed by atoms with E-state index in [4.69, 9.17) is 0 Å². The zero-order chi connectivity index (χ0) is 18.8. The number of amides is 1. The van der Waals surface area contributed by atoms with Gasteiger partial charge in [0.1, 0.15) is 5.69 Å². The summed E-state index contributed by atoms with van der Waals surface area (Å²) in [6.45, 7) is 2.10. The highest BCUT2D eigenvalue weighted by Crippen LogP contribution is 2.21. The van der Waals surface area contributed by atoms with E-state index in [1.807, 2.05) is 12.1 Å². The third kappa shape index (κ3) is 3.70. The summed E-state index contributed by atoms with van der Waals surface area (Å²) in [7, 11) is 2.07. The topological polar surface area (TPSA) is 83.3 Å². The van der Waals surface area contributed by atoms with Crippen molar-refractivity contribution in [2.45, 2.75) is 25.1 Å². The van der Waals surface area contributed by atoms with E-state index >= 15 is 0 Å². The summed E-state index contributed by atoms with van der Waals surface area (Å²) in [5, 5.41) is 14.6. The van der Waals surface area contributed by atoms with E-state index in [9.17, 15) is 9.90 Å². The van der Waals surface area contributed by atoms with Crippen molar-refractivity contribution >= 4 is 16.8 Å². The standard InChI is InChI=1S/C20H23N5O2/c1-24-15(10-14-4-2-3-5-18(14)24)12-25-9-6-16(19(26)13-25)23-20(27)17-11-21-7-8-22-17/h2-5,7-8,10-11,16,19,26H,6,9,12-13H2,1H3,(H,23,27)/t16-,19-/m1/s1. The Bertz CT molecular complexity index is 940. The molecule has 0 unspecified atom stereocenters. The Hall–Kier alpha value is -2.77. The molecule has 1 amide bonds. The van der Waals surface area contributed by atoms with E-state index in [2.05, 4.69) is 50.0 Å². The summed E-state index contributed by atoms with van der Waals surface area (Å²) >= 11 is 0. The Labute approximate surface area is 157 Å². The molecule has 2 N–H and O–H groups in total. The SMILES string of the molecule is Cn1c(CN2CC[C@@H](NC(=O)c3cnccn3)[C@H](O)C2)cc2ccccc21. The van der Waals surface area contributed by atoms with Crippen LogP contribution in [0.3, 0.4) is 0 Å². The number of nitrogens with one attached hydrogen (secondary N) is 1. The molecule has 1 aromatic carbocycles. The predicted octanol–water partition coefficient (Wildman–Crippen LogP) is 1.33. The van der Waals surface area contributed by atoms with Crippen molar-refractivity contribution < 1.29 is 9.90 Å². The van der Waals surface area contributed by atoms with Crippen LogP contribution in [0.2, 0.25) is 0 Å². The highest BCUT2D eigenvalue weighted by atomic mass is 16.3. The molecule has 0 saturated carbocycles. The lowest BCUT2D eigenvalue weighted by Gasteiger charge is -2.36. The first kappa shape index (κ1) is 17.6. The van der Waals surface area contributed by atoms with Crippen LogP contribution in [0.5, 0.6) is 0 Å². The zero-order valence-corrected chi connectivity index (χ0v) is 15.2. The molecular weight excluding hydrogens is 342 g/mol. The number of aryl methyl sites for hydroxylation is 1. The van der Waals surface area contributed by atoms with Crippen LogP contribution in [-0.2, 0) is 13.6 Å². The fraction of sp³-hybridized carbons (Fsp3) is 0.350. The van der Waals surface area contributed by atoms with Gasteiger partial charge in [-0.3, -0.25) is 14.7 Å². The number of likely N-dealkylation sites (tertiary alicyclic amines) is 1. The van der Waals surface area contributed by atoms with E-state index < -0.39 is 6.10 Å².